The van der Waals surface area contributed by atoms with E-state index < -0.39 is 0 Å². The predicted octanol–water partition coefficient (Wildman–Crippen LogP) is 3.80. The van der Waals surface area contributed by atoms with Gasteiger partial charge in [-0.15, -0.1) is 0 Å². The number of rotatable bonds is 4. The Kier molecular flexibility index (Phi) is 3.58. The number of nitrogens with zero attached hydrogens (tertiary/aromatic N) is 1. The molecule has 0 fully saturated rings. The molecule has 3 aromatic rings. The second-order valence-electron chi connectivity index (χ2n) is 4.60. The minimum atomic E-state index is 0.299. The van der Waals surface area contributed by atoms with E-state index in [9.17, 15) is 0 Å². The van der Waals surface area contributed by atoms with E-state index in [2.05, 4.69) is 51.4 Å². The van der Waals surface area contributed by atoms with Crippen LogP contribution in [-0.2, 0) is 6.42 Å². The maximum absolute atomic E-state index is 4.54. The van der Waals surface area contributed by atoms with Crippen LogP contribution in [0.3, 0.4) is 0 Å². The maximum Gasteiger partial charge on any atom is 0.0749 e. The van der Waals surface area contributed by atoms with Crippen molar-refractivity contribution in [2.45, 2.75) is 12.5 Å². The van der Waals surface area contributed by atoms with Crippen LogP contribution in [0.5, 0.6) is 0 Å². The standard InChI is InChI=1S/C16H16N2S/c1-17-15(10-12-7-9-19-11-12)14-6-2-4-13-5-3-8-18-16(13)14/h2-9,11,15,17H,10H2,1H3. The number of nitrogens with one attached hydrogen (secondary N) is 1. The van der Waals surface area contributed by atoms with Crippen molar-refractivity contribution in [2.75, 3.05) is 7.05 Å². The summed E-state index contributed by atoms with van der Waals surface area (Å²) in [6, 6.07) is 13.0. The van der Waals surface area contributed by atoms with E-state index in [1.54, 1.807) is 11.3 Å². The summed E-state index contributed by atoms with van der Waals surface area (Å²) >= 11 is 1.75. The predicted molar refractivity (Wildman–Crippen MR) is 81.6 cm³/mol. The lowest BCUT2D eigenvalue weighted by atomic mass is 9.98. The van der Waals surface area contributed by atoms with Crippen molar-refractivity contribution in [3.8, 4) is 0 Å². The average molecular weight is 268 g/mol. The Morgan fingerprint density at radius 3 is 2.89 bits per heavy atom. The van der Waals surface area contributed by atoms with Crippen LogP contribution in [0.2, 0.25) is 0 Å². The van der Waals surface area contributed by atoms with Crippen molar-refractivity contribution in [1.29, 1.82) is 0 Å². The molecule has 1 aromatic carbocycles. The Balaban J connectivity index is 2.01. The van der Waals surface area contributed by atoms with Crippen LogP contribution in [0, 0.1) is 0 Å². The van der Waals surface area contributed by atoms with Gasteiger partial charge in [-0.1, -0.05) is 24.3 Å². The van der Waals surface area contributed by atoms with E-state index in [0.717, 1.165) is 11.9 Å². The fourth-order valence-corrected chi connectivity index (χ4v) is 3.10. The molecule has 0 amide bonds. The first kappa shape index (κ1) is 12.3. The number of pyridine rings is 1. The Labute approximate surface area is 117 Å². The summed E-state index contributed by atoms with van der Waals surface area (Å²) in [5.41, 5.74) is 3.74. The van der Waals surface area contributed by atoms with Crippen molar-refractivity contribution in [2.24, 2.45) is 0 Å². The molecule has 0 bridgehead atoms. The van der Waals surface area contributed by atoms with Gasteiger partial charge in [0.25, 0.3) is 0 Å². The zero-order valence-corrected chi connectivity index (χ0v) is 11.7. The fraction of sp³-hybridized carbons (Fsp3) is 0.188. The van der Waals surface area contributed by atoms with Gasteiger partial charge in [0, 0.05) is 17.6 Å². The summed E-state index contributed by atoms with van der Waals surface area (Å²) in [4.78, 5) is 4.54. The zero-order chi connectivity index (χ0) is 13.1. The Morgan fingerprint density at radius 2 is 2.11 bits per heavy atom. The molecule has 2 nitrogen and oxygen atoms in total. The molecule has 0 aliphatic carbocycles. The Morgan fingerprint density at radius 1 is 1.21 bits per heavy atom. The van der Waals surface area contributed by atoms with Gasteiger partial charge in [-0.05, 0) is 47.5 Å². The number of benzene rings is 1. The van der Waals surface area contributed by atoms with Gasteiger partial charge in [0.2, 0.25) is 0 Å². The molecule has 1 atom stereocenters. The molecule has 0 aliphatic rings. The molecule has 0 radical (unpaired) electrons. The molecule has 1 unspecified atom stereocenters. The molecule has 2 aromatic heterocycles. The minimum absolute atomic E-state index is 0.299. The summed E-state index contributed by atoms with van der Waals surface area (Å²) < 4.78 is 0. The van der Waals surface area contributed by atoms with E-state index >= 15 is 0 Å². The summed E-state index contributed by atoms with van der Waals surface area (Å²) in [5.74, 6) is 0. The largest absolute Gasteiger partial charge is 0.313 e. The summed E-state index contributed by atoms with van der Waals surface area (Å²) in [5, 5.41) is 8.95. The second kappa shape index (κ2) is 5.51. The molecule has 0 saturated heterocycles. The Bertz CT molecular complexity index is 656. The summed E-state index contributed by atoms with van der Waals surface area (Å²) in [7, 11) is 2.01. The van der Waals surface area contributed by atoms with Gasteiger partial charge in [0.05, 0.1) is 5.52 Å². The number of para-hydroxylation sites is 1. The van der Waals surface area contributed by atoms with E-state index in [-0.39, 0.29) is 0 Å². The molecule has 0 saturated carbocycles. The van der Waals surface area contributed by atoms with Crippen molar-refractivity contribution < 1.29 is 0 Å². The van der Waals surface area contributed by atoms with Crippen LogP contribution < -0.4 is 5.32 Å². The SMILES string of the molecule is CNC(Cc1ccsc1)c1cccc2cccnc12. The van der Waals surface area contributed by atoms with Crippen LogP contribution in [0.25, 0.3) is 10.9 Å². The number of likely N-dealkylation sites (N-methyl/N-ethyl adjacent to an activating group) is 1. The number of hydrogen-bond donors (Lipinski definition) is 1. The fourth-order valence-electron chi connectivity index (χ4n) is 2.42. The first-order valence-electron chi connectivity index (χ1n) is 6.40. The third-order valence-electron chi connectivity index (χ3n) is 3.41. The van der Waals surface area contributed by atoms with E-state index in [1.807, 2.05) is 19.3 Å². The normalized spacial score (nSPS) is 12.7. The first-order chi connectivity index (χ1) is 9.38. The average Bonchev–Trinajstić information content (AvgIpc) is 2.97. The third kappa shape index (κ3) is 2.53. The highest BCUT2D eigenvalue weighted by molar-refractivity contribution is 7.07. The quantitative estimate of drug-likeness (QED) is 0.778. The zero-order valence-electron chi connectivity index (χ0n) is 10.8. The van der Waals surface area contributed by atoms with Crippen molar-refractivity contribution >= 4 is 22.2 Å². The number of thiophene rings is 1. The molecule has 3 heteroatoms. The van der Waals surface area contributed by atoms with E-state index in [0.29, 0.717) is 6.04 Å². The van der Waals surface area contributed by atoms with E-state index in [1.165, 1.54) is 16.5 Å². The van der Waals surface area contributed by atoms with Gasteiger partial charge in [-0.3, -0.25) is 4.98 Å². The van der Waals surface area contributed by atoms with Gasteiger partial charge >= 0.3 is 0 Å². The highest BCUT2D eigenvalue weighted by Gasteiger charge is 2.13. The highest BCUT2D eigenvalue weighted by atomic mass is 32.1. The Hall–Kier alpha value is -1.71. The number of fused-ring (bicyclic) bond motifs is 1. The van der Waals surface area contributed by atoms with Crippen molar-refractivity contribution in [3.05, 3.63) is 64.5 Å². The van der Waals surface area contributed by atoms with Crippen molar-refractivity contribution in [1.82, 2.24) is 10.3 Å². The van der Waals surface area contributed by atoms with Gasteiger partial charge in [0.15, 0.2) is 0 Å². The second-order valence-corrected chi connectivity index (χ2v) is 5.38. The first-order valence-corrected chi connectivity index (χ1v) is 7.35. The van der Waals surface area contributed by atoms with Gasteiger partial charge in [-0.2, -0.15) is 11.3 Å². The highest BCUT2D eigenvalue weighted by Crippen LogP contribution is 2.25. The molecular weight excluding hydrogens is 252 g/mol. The molecule has 0 spiro atoms. The lowest BCUT2D eigenvalue weighted by Gasteiger charge is -2.17. The van der Waals surface area contributed by atoms with Crippen molar-refractivity contribution in [3.63, 3.8) is 0 Å². The lowest BCUT2D eigenvalue weighted by molar-refractivity contribution is 0.596. The molecular formula is C16H16N2S. The monoisotopic (exact) mass is 268 g/mol. The number of aromatic nitrogens is 1. The summed E-state index contributed by atoms with van der Waals surface area (Å²) in [6.07, 6.45) is 2.86. The van der Waals surface area contributed by atoms with Crippen LogP contribution >= 0.6 is 11.3 Å². The molecule has 1 N–H and O–H groups in total. The topological polar surface area (TPSA) is 24.9 Å². The lowest BCUT2D eigenvalue weighted by Crippen LogP contribution is -2.19. The third-order valence-corrected chi connectivity index (χ3v) is 4.14. The van der Waals surface area contributed by atoms with Gasteiger partial charge in [-0.25, -0.2) is 0 Å². The van der Waals surface area contributed by atoms with Gasteiger partial charge < -0.3 is 5.32 Å². The molecule has 19 heavy (non-hydrogen) atoms. The molecule has 0 aliphatic heterocycles. The molecule has 2 heterocycles. The van der Waals surface area contributed by atoms with Crippen LogP contribution in [-0.4, -0.2) is 12.0 Å². The maximum atomic E-state index is 4.54. The molecule has 3 rings (SSSR count). The summed E-state index contributed by atoms with van der Waals surface area (Å²) in [6.45, 7) is 0. The number of hydrogen-bond acceptors (Lipinski definition) is 3. The smallest absolute Gasteiger partial charge is 0.0749 e. The van der Waals surface area contributed by atoms with Crippen LogP contribution in [0.1, 0.15) is 17.2 Å². The molecule has 96 valence electrons. The van der Waals surface area contributed by atoms with E-state index in [4.69, 9.17) is 0 Å². The van der Waals surface area contributed by atoms with Crippen LogP contribution in [0.4, 0.5) is 0 Å². The minimum Gasteiger partial charge on any atom is -0.313 e. The van der Waals surface area contributed by atoms with Gasteiger partial charge in [0.1, 0.15) is 0 Å². The van der Waals surface area contributed by atoms with Crippen LogP contribution in [0.15, 0.2) is 53.4 Å².